The number of hydrogen-bond acceptors (Lipinski definition) is 2. The van der Waals surface area contributed by atoms with Gasteiger partial charge in [-0.1, -0.05) is 34.1 Å². The summed E-state index contributed by atoms with van der Waals surface area (Å²) in [4.78, 5) is 10.9. The summed E-state index contributed by atoms with van der Waals surface area (Å²) in [6.45, 7) is 2.69. The third kappa shape index (κ3) is 3.58. The molecule has 0 spiro atoms. The topological polar surface area (TPSA) is 49.3 Å². The minimum absolute atomic E-state index is 0.287. The predicted molar refractivity (Wildman–Crippen MR) is 79.6 cm³/mol. The molecule has 4 heteroatoms. The molecule has 0 aliphatic rings. The van der Waals surface area contributed by atoms with Crippen molar-refractivity contribution >= 4 is 27.6 Å². The van der Waals surface area contributed by atoms with Crippen LogP contribution in [-0.4, -0.2) is 11.1 Å². The molecule has 0 aromatic heterocycles. The fourth-order valence-corrected chi connectivity index (χ4v) is 2.14. The van der Waals surface area contributed by atoms with Crippen LogP contribution in [0.5, 0.6) is 0 Å². The van der Waals surface area contributed by atoms with Crippen LogP contribution in [0.3, 0.4) is 0 Å². The molecule has 0 atom stereocenters. The molecule has 3 nitrogen and oxygen atoms in total. The zero-order chi connectivity index (χ0) is 13.8. The SMILES string of the molecule is Cc1ccc(CNc2cccc(C(=O)O)c2)cc1Br. The van der Waals surface area contributed by atoms with Gasteiger partial charge in [-0.05, 0) is 42.3 Å². The minimum atomic E-state index is -0.915. The molecule has 98 valence electrons. The molecule has 19 heavy (non-hydrogen) atoms. The fourth-order valence-electron chi connectivity index (χ4n) is 1.71. The maximum Gasteiger partial charge on any atom is 0.335 e. The lowest BCUT2D eigenvalue weighted by molar-refractivity contribution is 0.0697. The van der Waals surface area contributed by atoms with E-state index in [9.17, 15) is 4.79 Å². The number of rotatable bonds is 4. The van der Waals surface area contributed by atoms with Gasteiger partial charge < -0.3 is 10.4 Å². The monoisotopic (exact) mass is 319 g/mol. The summed E-state index contributed by atoms with van der Waals surface area (Å²) >= 11 is 3.50. The third-order valence-electron chi connectivity index (χ3n) is 2.84. The second-order valence-electron chi connectivity index (χ2n) is 4.32. The molecule has 2 N–H and O–H groups in total. The number of halogens is 1. The number of anilines is 1. The van der Waals surface area contributed by atoms with E-state index in [1.807, 2.05) is 19.1 Å². The van der Waals surface area contributed by atoms with Crippen molar-refractivity contribution in [2.24, 2.45) is 0 Å². The van der Waals surface area contributed by atoms with Gasteiger partial charge in [-0.15, -0.1) is 0 Å². The molecule has 2 aromatic carbocycles. The Morgan fingerprint density at radius 1 is 1.26 bits per heavy atom. The molecule has 0 saturated carbocycles. The standard InChI is InChI=1S/C15H14BrNO2/c1-10-5-6-11(7-14(10)16)9-17-13-4-2-3-12(8-13)15(18)19/h2-8,17H,9H2,1H3,(H,18,19). The quantitative estimate of drug-likeness (QED) is 0.893. The Morgan fingerprint density at radius 2 is 2.05 bits per heavy atom. The van der Waals surface area contributed by atoms with Gasteiger partial charge >= 0.3 is 5.97 Å². The highest BCUT2D eigenvalue weighted by Crippen LogP contribution is 2.19. The van der Waals surface area contributed by atoms with E-state index in [0.717, 1.165) is 15.7 Å². The first-order valence-corrected chi connectivity index (χ1v) is 6.68. The van der Waals surface area contributed by atoms with Gasteiger partial charge in [-0.3, -0.25) is 0 Å². The van der Waals surface area contributed by atoms with Crippen LogP contribution in [0.2, 0.25) is 0 Å². The molecular formula is C15H14BrNO2. The maximum atomic E-state index is 10.9. The number of aromatic carboxylic acids is 1. The van der Waals surface area contributed by atoms with Crippen molar-refractivity contribution in [3.63, 3.8) is 0 Å². The number of benzene rings is 2. The van der Waals surface area contributed by atoms with E-state index in [-0.39, 0.29) is 5.56 Å². The number of nitrogens with one attached hydrogen (secondary N) is 1. The Hall–Kier alpha value is -1.81. The number of carboxylic acids is 1. The van der Waals surface area contributed by atoms with Crippen molar-refractivity contribution in [2.75, 3.05) is 5.32 Å². The number of hydrogen-bond donors (Lipinski definition) is 2. The van der Waals surface area contributed by atoms with Crippen LogP contribution in [0.25, 0.3) is 0 Å². The number of carboxylic acid groups (broad SMARTS) is 1. The van der Waals surface area contributed by atoms with Gasteiger partial charge in [0.25, 0.3) is 0 Å². The van der Waals surface area contributed by atoms with Gasteiger partial charge in [0.1, 0.15) is 0 Å². The molecule has 0 heterocycles. The lowest BCUT2D eigenvalue weighted by Gasteiger charge is -2.08. The largest absolute Gasteiger partial charge is 0.478 e. The maximum absolute atomic E-state index is 10.9. The van der Waals surface area contributed by atoms with E-state index in [1.165, 1.54) is 5.56 Å². The van der Waals surface area contributed by atoms with Crippen LogP contribution >= 0.6 is 15.9 Å². The smallest absolute Gasteiger partial charge is 0.335 e. The Labute approximate surface area is 120 Å². The number of aryl methyl sites for hydroxylation is 1. The van der Waals surface area contributed by atoms with Crippen molar-refractivity contribution in [1.82, 2.24) is 0 Å². The molecule has 0 aliphatic carbocycles. The van der Waals surface area contributed by atoms with E-state index < -0.39 is 5.97 Å². The highest BCUT2D eigenvalue weighted by molar-refractivity contribution is 9.10. The zero-order valence-electron chi connectivity index (χ0n) is 10.5. The summed E-state index contributed by atoms with van der Waals surface area (Å²) in [6.07, 6.45) is 0. The Morgan fingerprint density at radius 3 is 2.74 bits per heavy atom. The summed E-state index contributed by atoms with van der Waals surface area (Å²) in [5, 5.41) is 12.1. The van der Waals surface area contributed by atoms with E-state index in [1.54, 1.807) is 18.2 Å². The molecule has 2 aromatic rings. The average molecular weight is 320 g/mol. The summed E-state index contributed by atoms with van der Waals surface area (Å²) in [5.41, 5.74) is 3.42. The fraction of sp³-hybridized carbons (Fsp3) is 0.133. The van der Waals surface area contributed by atoms with Crippen LogP contribution in [0.4, 0.5) is 5.69 Å². The van der Waals surface area contributed by atoms with Gasteiger partial charge in [0.05, 0.1) is 5.56 Å². The van der Waals surface area contributed by atoms with Crippen LogP contribution < -0.4 is 5.32 Å². The molecule has 0 radical (unpaired) electrons. The molecule has 0 bridgehead atoms. The van der Waals surface area contributed by atoms with E-state index >= 15 is 0 Å². The Balaban J connectivity index is 2.07. The van der Waals surface area contributed by atoms with Crippen molar-refractivity contribution < 1.29 is 9.90 Å². The van der Waals surface area contributed by atoms with Crippen LogP contribution in [0.1, 0.15) is 21.5 Å². The van der Waals surface area contributed by atoms with Gasteiger partial charge in [0.2, 0.25) is 0 Å². The predicted octanol–water partition coefficient (Wildman–Crippen LogP) is 4.07. The summed E-state index contributed by atoms with van der Waals surface area (Å²) in [5.74, 6) is -0.915. The lowest BCUT2D eigenvalue weighted by Crippen LogP contribution is -2.02. The normalized spacial score (nSPS) is 10.2. The Kier molecular flexibility index (Phi) is 4.22. The van der Waals surface area contributed by atoms with Crippen LogP contribution in [0.15, 0.2) is 46.9 Å². The first-order valence-electron chi connectivity index (χ1n) is 5.88. The first kappa shape index (κ1) is 13.6. The highest BCUT2D eigenvalue weighted by Gasteiger charge is 2.03. The van der Waals surface area contributed by atoms with Gasteiger partial charge in [-0.2, -0.15) is 0 Å². The summed E-state index contributed by atoms with van der Waals surface area (Å²) in [7, 11) is 0. The van der Waals surface area contributed by atoms with E-state index in [2.05, 4.69) is 33.4 Å². The first-order chi connectivity index (χ1) is 9.06. The van der Waals surface area contributed by atoms with Gasteiger partial charge in [0, 0.05) is 16.7 Å². The van der Waals surface area contributed by atoms with Crippen molar-refractivity contribution in [3.05, 3.63) is 63.6 Å². The summed E-state index contributed by atoms with van der Waals surface area (Å²) < 4.78 is 1.08. The lowest BCUT2D eigenvalue weighted by atomic mass is 10.1. The van der Waals surface area contributed by atoms with Crippen molar-refractivity contribution in [3.8, 4) is 0 Å². The molecular weight excluding hydrogens is 306 g/mol. The molecule has 0 aliphatic heterocycles. The van der Waals surface area contributed by atoms with E-state index in [4.69, 9.17) is 5.11 Å². The second-order valence-corrected chi connectivity index (χ2v) is 5.18. The average Bonchev–Trinajstić information content (AvgIpc) is 2.40. The van der Waals surface area contributed by atoms with Crippen LogP contribution in [0, 0.1) is 6.92 Å². The minimum Gasteiger partial charge on any atom is -0.478 e. The highest BCUT2D eigenvalue weighted by atomic mass is 79.9. The van der Waals surface area contributed by atoms with Gasteiger partial charge in [-0.25, -0.2) is 4.79 Å². The van der Waals surface area contributed by atoms with Crippen LogP contribution in [-0.2, 0) is 6.54 Å². The van der Waals surface area contributed by atoms with Crippen molar-refractivity contribution in [1.29, 1.82) is 0 Å². The molecule has 0 saturated heterocycles. The number of carbonyl (C=O) groups is 1. The summed E-state index contributed by atoms with van der Waals surface area (Å²) in [6, 6.07) is 13.0. The Bertz CT molecular complexity index is 611. The second kappa shape index (κ2) is 5.89. The van der Waals surface area contributed by atoms with E-state index in [0.29, 0.717) is 6.54 Å². The van der Waals surface area contributed by atoms with Crippen molar-refractivity contribution in [2.45, 2.75) is 13.5 Å². The molecule has 0 fully saturated rings. The van der Waals surface area contributed by atoms with Gasteiger partial charge in [0.15, 0.2) is 0 Å². The third-order valence-corrected chi connectivity index (χ3v) is 3.70. The molecule has 0 amide bonds. The zero-order valence-corrected chi connectivity index (χ0v) is 12.1. The molecule has 0 unspecified atom stereocenters. The molecule has 2 rings (SSSR count).